The Morgan fingerprint density at radius 2 is 1.96 bits per heavy atom. The molecule has 0 fully saturated rings. The maximum absolute atomic E-state index is 12.7. The fourth-order valence-corrected chi connectivity index (χ4v) is 2.94. The van der Waals surface area contributed by atoms with E-state index in [9.17, 15) is 4.79 Å². The number of rotatable bonds is 5. The molecule has 130 valence electrons. The molecule has 0 bridgehead atoms. The Morgan fingerprint density at radius 1 is 1.12 bits per heavy atom. The second-order valence-electron chi connectivity index (χ2n) is 6.10. The Hall–Kier alpha value is -3.34. The molecule has 2 heterocycles. The van der Waals surface area contributed by atoms with Gasteiger partial charge in [-0.2, -0.15) is 0 Å². The third kappa shape index (κ3) is 3.24. The molecule has 0 spiro atoms. The van der Waals surface area contributed by atoms with Crippen LogP contribution in [0.15, 0.2) is 71.3 Å². The van der Waals surface area contributed by atoms with Gasteiger partial charge in [-0.25, -0.2) is 4.98 Å². The van der Waals surface area contributed by atoms with Crippen molar-refractivity contribution in [3.63, 3.8) is 0 Å². The molecule has 1 N–H and O–H groups in total. The maximum Gasteiger partial charge on any atom is 0.272 e. The van der Waals surface area contributed by atoms with Crippen LogP contribution in [0.5, 0.6) is 0 Å². The summed E-state index contributed by atoms with van der Waals surface area (Å²) >= 11 is 0. The van der Waals surface area contributed by atoms with Gasteiger partial charge in [0, 0.05) is 24.8 Å². The highest BCUT2D eigenvalue weighted by Crippen LogP contribution is 2.21. The molecule has 26 heavy (non-hydrogen) atoms. The molecule has 0 aliphatic carbocycles. The van der Waals surface area contributed by atoms with Crippen molar-refractivity contribution in [2.45, 2.75) is 19.9 Å². The number of carbonyl (C=O) groups excluding carboxylic acids is 1. The van der Waals surface area contributed by atoms with Crippen LogP contribution in [-0.2, 0) is 13.0 Å². The molecule has 0 radical (unpaired) electrons. The highest BCUT2D eigenvalue weighted by Gasteiger charge is 2.12. The van der Waals surface area contributed by atoms with Crippen LogP contribution in [0, 0.1) is 0 Å². The smallest absolute Gasteiger partial charge is 0.272 e. The SMILES string of the molecule is CCc1nc2cc(NC(=O)c3cccn3Cc3ccccc3)ccc2o1. The molecule has 5 nitrogen and oxygen atoms in total. The van der Waals surface area contributed by atoms with Crippen molar-refractivity contribution in [1.29, 1.82) is 0 Å². The minimum atomic E-state index is -0.149. The van der Waals surface area contributed by atoms with Crippen molar-refractivity contribution in [2.75, 3.05) is 5.32 Å². The quantitative estimate of drug-likeness (QED) is 0.580. The number of hydrogen-bond acceptors (Lipinski definition) is 3. The lowest BCUT2D eigenvalue weighted by Crippen LogP contribution is -2.17. The predicted octanol–water partition coefficient (Wildman–Crippen LogP) is 4.49. The summed E-state index contributed by atoms with van der Waals surface area (Å²) in [6.07, 6.45) is 2.65. The molecule has 2 aromatic carbocycles. The number of aromatic nitrogens is 2. The zero-order chi connectivity index (χ0) is 17.9. The van der Waals surface area contributed by atoms with Gasteiger partial charge in [-0.1, -0.05) is 37.3 Å². The van der Waals surface area contributed by atoms with Gasteiger partial charge >= 0.3 is 0 Å². The van der Waals surface area contributed by atoms with Crippen LogP contribution < -0.4 is 5.32 Å². The fraction of sp³-hybridized carbons (Fsp3) is 0.143. The summed E-state index contributed by atoms with van der Waals surface area (Å²) in [4.78, 5) is 17.1. The predicted molar refractivity (Wildman–Crippen MR) is 101 cm³/mol. The Bertz CT molecular complexity index is 1050. The number of oxazole rings is 1. The van der Waals surface area contributed by atoms with Gasteiger partial charge in [-0.3, -0.25) is 4.79 Å². The molecule has 4 rings (SSSR count). The van der Waals surface area contributed by atoms with Gasteiger partial charge < -0.3 is 14.3 Å². The highest BCUT2D eigenvalue weighted by molar-refractivity contribution is 6.03. The van der Waals surface area contributed by atoms with E-state index >= 15 is 0 Å². The first-order chi connectivity index (χ1) is 12.7. The number of benzene rings is 2. The van der Waals surface area contributed by atoms with Crippen molar-refractivity contribution < 1.29 is 9.21 Å². The van der Waals surface area contributed by atoms with E-state index in [1.165, 1.54) is 0 Å². The zero-order valence-corrected chi connectivity index (χ0v) is 14.5. The van der Waals surface area contributed by atoms with Crippen molar-refractivity contribution in [2.24, 2.45) is 0 Å². The molecular formula is C21H19N3O2. The third-order valence-corrected chi connectivity index (χ3v) is 4.25. The fourth-order valence-electron chi connectivity index (χ4n) is 2.94. The Labute approximate surface area is 151 Å². The van der Waals surface area contributed by atoms with Crippen LogP contribution >= 0.6 is 0 Å². The summed E-state index contributed by atoms with van der Waals surface area (Å²) in [5.74, 6) is 0.546. The Kier molecular flexibility index (Phi) is 4.27. The molecule has 4 aromatic rings. The number of fused-ring (bicyclic) bond motifs is 1. The van der Waals surface area contributed by atoms with Crippen LogP contribution in [0.25, 0.3) is 11.1 Å². The molecule has 1 amide bonds. The first kappa shape index (κ1) is 16.1. The number of hydrogen-bond donors (Lipinski definition) is 1. The number of nitrogens with one attached hydrogen (secondary N) is 1. The molecule has 0 unspecified atom stereocenters. The largest absolute Gasteiger partial charge is 0.441 e. The van der Waals surface area contributed by atoms with E-state index < -0.39 is 0 Å². The Morgan fingerprint density at radius 3 is 2.77 bits per heavy atom. The average molecular weight is 345 g/mol. The molecule has 2 aromatic heterocycles. The summed E-state index contributed by atoms with van der Waals surface area (Å²) in [5.41, 5.74) is 3.94. The van der Waals surface area contributed by atoms with Gasteiger partial charge in [-0.15, -0.1) is 0 Å². The summed E-state index contributed by atoms with van der Waals surface area (Å²) < 4.78 is 7.55. The standard InChI is InChI=1S/C21H19N3O2/c1-2-20-23-17-13-16(10-11-19(17)26-20)22-21(25)18-9-6-12-24(18)14-15-7-4-3-5-8-15/h3-13H,2,14H2,1H3,(H,22,25). The van der Waals surface area contributed by atoms with Crippen LogP contribution in [0.4, 0.5) is 5.69 Å². The van der Waals surface area contributed by atoms with Crippen molar-refractivity contribution in [3.05, 3.63) is 84.0 Å². The molecule has 0 saturated carbocycles. The molecule has 0 saturated heterocycles. The number of amides is 1. The van der Waals surface area contributed by atoms with Crippen molar-refractivity contribution in [3.8, 4) is 0 Å². The van der Waals surface area contributed by atoms with Crippen molar-refractivity contribution >= 4 is 22.7 Å². The second kappa shape index (κ2) is 6.88. The number of nitrogens with zero attached hydrogens (tertiary/aromatic N) is 2. The first-order valence-corrected chi connectivity index (χ1v) is 8.63. The summed E-state index contributed by atoms with van der Waals surface area (Å²) in [6.45, 7) is 2.65. The Balaban J connectivity index is 1.54. The summed E-state index contributed by atoms with van der Waals surface area (Å²) in [6, 6.07) is 19.3. The normalized spacial score (nSPS) is 11.0. The van der Waals surface area contributed by atoms with Gasteiger partial charge in [0.1, 0.15) is 11.2 Å². The molecule has 0 aliphatic heterocycles. The number of carbonyl (C=O) groups is 1. The molecular weight excluding hydrogens is 326 g/mol. The minimum absolute atomic E-state index is 0.149. The van der Waals surface area contributed by atoms with Gasteiger partial charge in [0.25, 0.3) is 5.91 Å². The lowest BCUT2D eigenvalue weighted by atomic mass is 10.2. The minimum Gasteiger partial charge on any atom is -0.441 e. The van der Waals surface area contributed by atoms with E-state index in [0.717, 1.165) is 23.1 Å². The first-order valence-electron chi connectivity index (χ1n) is 8.63. The van der Waals surface area contributed by atoms with E-state index in [-0.39, 0.29) is 5.91 Å². The lowest BCUT2D eigenvalue weighted by Gasteiger charge is -2.10. The third-order valence-electron chi connectivity index (χ3n) is 4.25. The van der Waals surface area contributed by atoms with E-state index in [2.05, 4.69) is 10.3 Å². The van der Waals surface area contributed by atoms with Gasteiger partial charge in [0.05, 0.1) is 0 Å². The summed E-state index contributed by atoms with van der Waals surface area (Å²) in [5, 5.41) is 2.95. The average Bonchev–Trinajstić information content (AvgIpc) is 3.28. The van der Waals surface area contributed by atoms with E-state index in [1.54, 1.807) is 0 Å². The van der Waals surface area contributed by atoms with Crippen molar-refractivity contribution in [1.82, 2.24) is 9.55 Å². The number of anilines is 1. The van der Waals surface area contributed by atoms with E-state index in [1.807, 2.05) is 78.4 Å². The van der Waals surface area contributed by atoms with Gasteiger partial charge in [0.2, 0.25) is 0 Å². The van der Waals surface area contributed by atoms with Gasteiger partial charge in [0.15, 0.2) is 11.5 Å². The highest BCUT2D eigenvalue weighted by atomic mass is 16.3. The summed E-state index contributed by atoms with van der Waals surface area (Å²) in [7, 11) is 0. The monoisotopic (exact) mass is 345 g/mol. The molecule has 0 aliphatic rings. The van der Waals surface area contributed by atoms with Crippen LogP contribution in [0.2, 0.25) is 0 Å². The van der Waals surface area contributed by atoms with Crippen LogP contribution in [-0.4, -0.2) is 15.5 Å². The topological polar surface area (TPSA) is 60.1 Å². The molecule has 5 heteroatoms. The molecule has 0 atom stereocenters. The zero-order valence-electron chi connectivity index (χ0n) is 14.5. The lowest BCUT2D eigenvalue weighted by molar-refractivity contribution is 0.101. The number of aryl methyl sites for hydroxylation is 1. The van der Waals surface area contributed by atoms with Crippen LogP contribution in [0.1, 0.15) is 28.9 Å². The van der Waals surface area contributed by atoms with E-state index in [4.69, 9.17) is 4.42 Å². The maximum atomic E-state index is 12.7. The second-order valence-corrected chi connectivity index (χ2v) is 6.10. The van der Waals surface area contributed by atoms with E-state index in [0.29, 0.717) is 23.8 Å². The van der Waals surface area contributed by atoms with Crippen LogP contribution in [0.3, 0.4) is 0 Å². The van der Waals surface area contributed by atoms with Gasteiger partial charge in [-0.05, 0) is 35.9 Å².